The Balaban J connectivity index is 2.78. The van der Waals surface area contributed by atoms with E-state index in [1.54, 1.807) is 13.0 Å². The molecule has 0 saturated heterocycles. The monoisotopic (exact) mass is 209 g/mol. The molecule has 0 aliphatic carbocycles. The Labute approximate surface area is 87.9 Å². The molecule has 0 saturated carbocycles. The van der Waals surface area contributed by atoms with Crippen molar-refractivity contribution in [2.45, 2.75) is 20.3 Å². The lowest BCUT2D eigenvalue weighted by Crippen LogP contribution is -2.32. The molecule has 1 rings (SSSR count). The number of nitrogens with one attached hydrogen (secondary N) is 1. The Bertz CT molecular complexity index is 393. The van der Waals surface area contributed by atoms with Gasteiger partial charge in [-0.3, -0.25) is 5.32 Å². The SMILES string of the molecule is CC/C=C(\N)NC(=O)n1ncc(N)c1C. The van der Waals surface area contributed by atoms with Crippen LogP contribution in [0.5, 0.6) is 0 Å². The zero-order chi connectivity index (χ0) is 11.4. The zero-order valence-corrected chi connectivity index (χ0v) is 8.82. The summed E-state index contributed by atoms with van der Waals surface area (Å²) in [5.74, 6) is 0.316. The fraction of sp³-hybridized carbons (Fsp3) is 0.333. The third kappa shape index (κ3) is 2.49. The van der Waals surface area contributed by atoms with Crippen LogP contribution in [0.15, 0.2) is 18.1 Å². The van der Waals surface area contributed by atoms with Crippen molar-refractivity contribution in [1.82, 2.24) is 15.1 Å². The largest absolute Gasteiger partial charge is 0.396 e. The predicted molar refractivity (Wildman–Crippen MR) is 57.9 cm³/mol. The van der Waals surface area contributed by atoms with Crippen LogP contribution in [-0.2, 0) is 0 Å². The summed E-state index contributed by atoms with van der Waals surface area (Å²) in [5.41, 5.74) is 12.2. The van der Waals surface area contributed by atoms with Crippen molar-refractivity contribution in [3.8, 4) is 0 Å². The molecule has 6 nitrogen and oxygen atoms in total. The summed E-state index contributed by atoms with van der Waals surface area (Å²) in [5, 5.41) is 6.32. The number of allylic oxidation sites excluding steroid dienone is 1. The van der Waals surface area contributed by atoms with Gasteiger partial charge < -0.3 is 11.5 Å². The van der Waals surface area contributed by atoms with Crippen molar-refractivity contribution in [2.24, 2.45) is 5.73 Å². The number of carbonyl (C=O) groups is 1. The summed E-state index contributed by atoms with van der Waals surface area (Å²) in [6, 6.07) is -0.411. The third-order valence-electron chi connectivity index (χ3n) is 1.92. The zero-order valence-electron chi connectivity index (χ0n) is 8.82. The number of aromatic nitrogens is 2. The summed E-state index contributed by atoms with van der Waals surface area (Å²) < 4.78 is 1.17. The first-order valence-electron chi connectivity index (χ1n) is 4.63. The molecule has 0 atom stereocenters. The van der Waals surface area contributed by atoms with Gasteiger partial charge in [0.15, 0.2) is 0 Å². The second-order valence-corrected chi connectivity index (χ2v) is 3.09. The molecule has 0 spiro atoms. The van der Waals surface area contributed by atoms with E-state index in [2.05, 4.69) is 10.4 Å². The minimum absolute atomic E-state index is 0.316. The number of hydrogen-bond acceptors (Lipinski definition) is 4. The Morgan fingerprint density at radius 2 is 2.40 bits per heavy atom. The number of amides is 1. The Morgan fingerprint density at radius 1 is 1.73 bits per heavy atom. The maximum Gasteiger partial charge on any atom is 0.347 e. The van der Waals surface area contributed by atoms with Crippen LogP contribution in [0.3, 0.4) is 0 Å². The molecule has 1 amide bonds. The number of carbonyl (C=O) groups excluding carboxylic acids is 1. The van der Waals surface area contributed by atoms with Crippen molar-refractivity contribution in [2.75, 3.05) is 5.73 Å². The molecular weight excluding hydrogens is 194 g/mol. The first kappa shape index (κ1) is 11.1. The van der Waals surface area contributed by atoms with Gasteiger partial charge in [-0.2, -0.15) is 9.78 Å². The molecule has 15 heavy (non-hydrogen) atoms. The second-order valence-electron chi connectivity index (χ2n) is 3.09. The standard InChI is InChI=1S/C9H15N5O/c1-3-4-8(11)13-9(15)14-6(2)7(10)5-12-14/h4-5H,3,10-11H2,1-2H3,(H,13,15)/b8-4+. The van der Waals surface area contributed by atoms with Crippen LogP contribution < -0.4 is 16.8 Å². The van der Waals surface area contributed by atoms with Gasteiger partial charge in [0.1, 0.15) is 5.82 Å². The lowest BCUT2D eigenvalue weighted by molar-refractivity contribution is 0.241. The highest BCUT2D eigenvalue weighted by Gasteiger charge is 2.10. The summed E-state index contributed by atoms with van der Waals surface area (Å²) >= 11 is 0. The molecule has 1 aromatic heterocycles. The van der Waals surface area contributed by atoms with Gasteiger partial charge in [0.2, 0.25) is 0 Å². The number of nitrogens with two attached hydrogens (primary N) is 2. The van der Waals surface area contributed by atoms with E-state index in [1.165, 1.54) is 10.9 Å². The highest BCUT2D eigenvalue weighted by atomic mass is 16.2. The van der Waals surface area contributed by atoms with Gasteiger partial charge in [-0.1, -0.05) is 6.92 Å². The van der Waals surface area contributed by atoms with E-state index in [0.717, 1.165) is 6.42 Å². The number of nitrogen functional groups attached to an aromatic ring is 1. The van der Waals surface area contributed by atoms with E-state index in [-0.39, 0.29) is 0 Å². The summed E-state index contributed by atoms with van der Waals surface area (Å²) in [7, 11) is 0. The number of hydrogen-bond donors (Lipinski definition) is 3. The van der Waals surface area contributed by atoms with Crippen molar-refractivity contribution in [3.63, 3.8) is 0 Å². The van der Waals surface area contributed by atoms with Crippen molar-refractivity contribution in [3.05, 3.63) is 23.8 Å². The smallest absolute Gasteiger partial charge is 0.347 e. The van der Waals surface area contributed by atoms with Gasteiger partial charge in [-0.25, -0.2) is 4.79 Å². The summed E-state index contributed by atoms with van der Waals surface area (Å²) in [6.07, 6.45) is 3.89. The van der Waals surface area contributed by atoms with E-state index in [9.17, 15) is 4.79 Å². The maximum absolute atomic E-state index is 11.6. The number of rotatable bonds is 2. The van der Waals surface area contributed by atoms with Gasteiger partial charge in [0.05, 0.1) is 17.6 Å². The van der Waals surface area contributed by atoms with Gasteiger partial charge in [0, 0.05) is 0 Å². The molecule has 5 N–H and O–H groups in total. The normalized spacial score (nSPS) is 11.5. The predicted octanol–water partition coefficient (Wildman–Crippen LogP) is 0.542. The van der Waals surface area contributed by atoms with E-state index in [4.69, 9.17) is 11.5 Å². The number of anilines is 1. The average Bonchev–Trinajstić information content (AvgIpc) is 2.48. The quantitative estimate of drug-likeness (QED) is 0.662. The van der Waals surface area contributed by atoms with Gasteiger partial charge in [-0.15, -0.1) is 0 Å². The highest BCUT2D eigenvalue weighted by molar-refractivity contribution is 5.79. The van der Waals surface area contributed by atoms with Crippen LogP contribution in [0, 0.1) is 6.92 Å². The molecule has 0 unspecified atom stereocenters. The molecule has 1 aromatic rings. The van der Waals surface area contributed by atoms with Gasteiger partial charge in [-0.05, 0) is 19.4 Å². The van der Waals surface area contributed by atoms with Crippen LogP contribution in [0.25, 0.3) is 0 Å². The molecule has 0 bridgehead atoms. The van der Waals surface area contributed by atoms with E-state index in [0.29, 0.717) is 17.2 Å². The van der Waals surface area contributed by atoms with E-state index >= 15 is 0 Å². The molecule has 0 aliphatic heterocycles. The van der Waals surface area contributed by atoms with E-state index < -0.39 is 6.03 Å². The third-order valence-corrected chi connectivity index (χ3v) is 1.92. The van der Waals surface area contributed by atoms with Crippen molar-refractivity contribution >= 4 is 11.7 Å². The molecule has 0 aromatic carbocycles. The number of nitrogens with zero attached hydrogens (tertiary/aromatic N) is 2. The Kier molecular flexibility index (Phi) is 3.33. The molecule has 0 fully saturated rings. The Hall–Kier alpha value is -1.98. The minimum atomic E-state index is -0.411. The molecule has 6 heteroatoms. The van der Waals surface area contributed by atoms with Crippen LogP contribution in [-0.4, -0.2) is 15.8 Å². The van der Waals surface area contributed by atoms with E-state index in [1.807, 2.05) is 6.92 Å². The molecule has 82 valence electrons. The van der Waals surface area contributed by atoms with Gasteiger partial charge >= 0.3 is 6.03 Å². The van der Waals surface area contributed by atoms with Crippen LogP contribution >= 0.6 is 0 Å². The maximum atomic E-state index is 11.6. The molecular formula is C9H15N5O. The first-order valence-corrected chi connectivity index (χ1v) is 4.63. The molecule has 0 aliphatic rings. The van der Waals surface area contributed by atoms with Gasteiger partial charge in [0.25, 0.3) is 0 Å². The Morgan fingerprint density at radius 3 is 2.87 bits per heavy atom. The fourth-order valence-electron chi connectivity index (χ4n) is 1.07. The minimum Gasteiger partial charge on any atom is -0.396 e. The lowest BCUT2D eigenvalue weighted by Gasteiger charge is -2.05. The first-order chi connectivity index (χ1) is 7.06. The lowest BCUT2D eigenvalue weighted by atomic mass is 10.4. The summed E-state index contributed by atoms with van der Waals surface area (Å²) in [4.78, 5) is 11.6. The van der Waals surface area contributed by atoms with Crippen LogP contribution in [0.4, 0.5) is 10.5 Å². The highest BCUT2D eigenvalue weighted by Crippen LogP contribution is 2.07. The average molecular weight is 209 g/mol. The second kappa shape index (κ2) is 4.50. The van der Waals surface area contributed by atoms with Crippen LogP contribution in [0.2, 0.25) is 0 Å². The fourth-order valence-corrected chi connectivity index (χ4v) is 1.07. The molecule has 0 radical (unpaired) electrons. The summed E-state index contributed by atoms with van der Waals surface area (Å²) in [6.45, 7) is 3.64. The van der Waals surface area contributed by atoms with Crippen molar-refractivity contribution in [1.29, 1.82) is 0 Å². The molecule has 1 heterocycles. The van der Waals surface area contributed by atoms with Crippen molar-refractivity contribution < 1.29 is 4.79 Å². The topological polar surface area (TPSA) is 99.0 Å². The van der Waals surface area contributed by atoms with Crippen LogP contribution in [0.1, 0.15) is 19.0 Å².